The van der Waals surface area contributed by atoms with Gasteiger partial charge in [-0.1, -0.05) is 51.4 Å². The highest BCUT2D eigenvalue weighted by Gasteiger charge is 1.83. The molecule has 0 aromatic heterocycles. The van der Waals surface area contributed by atoms with Crippen LogP contribution in [0.2, 0.25) is 0 Å². The lowest BCUT2D eigenvalue weighted by Gasteiger charge is -1.91. The van der Waals surface area contributed by atoms with Crippen molar-refractivity contribution in [3.63, 3.8) is 0 Å². The summed E-state index contributed by atoms with van der Waals surface area (Å²) in [7, 11) is 0. The van der Waals surface area contributed by atoms with Crippen molar-refractivity contribution in [3.8, 4) is 23.7 Å². The Hall–Kier alpha value is -0.880. The van der Waals surface area contributed by atoms with Crippen LogP contribution in [0.1, 0.15) is 65.2 Å². The summed E-state index contributed by atoms with van der Waals surface area (Å²) in [5.41, 5.74) is 0. The zero-order valence-corrected chi connectivity index (χ0v) is 10.2. The van der Waals surface area contributed by atoms with Crippen LogP contribution in [0.4, 0.5) is 0 Å². The van der Waals surface area contributed by atoms with Gasteiger partial charge >= 0.3 is 0 Å². The molecule has 0 aliphatic heterocycles. The normalized spacial score (nSPS) is 8.67. The van der Waals surface area contributed by atoms with E-state index in [1.54, 1.807) is 6.42 Å². The van der Waals surface area contributed by atoms with E-state index in [9.17, 15) is 0 Å². The predicted octanol–water partition coefficient (Wildman–Crippen LogP) is 4.36. The standard InChI is InChI=1S/C15H23/c1-3-5-7-9-11-13-15-14-12-10-8-6-4-2/h14H,3-9,11H2,1-2H3. The van der Waals surface area contributed by atoms with Gasteiger partial charge in [-0.25, -0.2) is 0 Å². The lowest BCUT2D eigenvalue weighted by atomic mass is 10.1. The van der Waals surface area contributed by atoms with Crippen LogP contribution >= 0.6 is 0 Å². The highest BCUT2D eigenvalue weighted by molar-refractivity contribution is 5.25. The van der Waals surface area contributed by atoms with Gasteiger partial charge in [0.25, 0.3) is 0 Å². The SMILES string of the molecule is CCCCC#C[CH]C#CCCCCCC. The summed E-state index contributed by atoms with van der Waals surface area (Å²) in [6.45, 7) is 4.41. The molecule has 0 amide bonds. The highest BCUT2D eigenvalue weighted by Crippen LogP contribution is 2.00. The second-order valence-corrected chi connectivity index (χ2v) is 3.70. The summed E-state index contributed by atoms with van der Waals surface area (Å²) >= 11 is 0. The van der Waals surface area contributed by atoms with Gasteiger partial charge in [0.1, 0.15) is 6.42 Å². The molecule has 0 aliphatic carbocycles. The molecule has 0 aliphatic rings. The summed E-state index contributed by atoms with van der Waals surface area (Å²) in [4.78, 5) is 0. The molecule has 0 bridgehead atoms. The molecule has 0 atom stereocenters. The summed E-state index contributed by atoms with van der Waals surface area (Å²) in [5.74, 6) is 12.2. The van der Waals surface area contributed by atoms with E-state index in [2.05, 4.69) is 37.5 Å². The molecule has 83 valence electrons. The quantitative estimate of drug-likeness (QED) is 0.444. The Bertz CT molecular complexity index is 228. The second-order valence-electron chi connectivity index (χ2n) is 3.70. The molecule has 0 saturated carbocycles. The van der Waals surface area contributed by atoms with Gasteiger partial charge in [0.15, 0.2) is 0 Å². The van der Waals surface area contributed by atoms with Crippen LogP contribution in [0.5, 0.6) is 0 Å². The first kappa shape index (κ1) is 14.1. The van der Waals surface area contributed by atoms with Crippen LogP contribution in [-0.2, 0) is 0 Å². The molecule has 0 nitrogen and oxygen atoms in total. The first-order chi connectivity index (χ1) is 7.41. The minimum Gasteiger partial charge on any atom is -0.102 e. The fraction of sp³-hybridized carbons (Fsp3) is 0.667. The summed E-state index contributed by atoms with van der Waals surface area (Å²) in [5, 5.41) is 0. The second kappa shape index (κ2) is 13.1. The first-order valence-corrected chi connectivity index (χ1v) is 6.20. The van der Waals surface area contributed by atoms with Crippen molar-refractivity contribution in [2.45, 2.75) is 65.2 Å². The van der Waals surface area contributed by atoms with Crippen LogP contribution in [-0.4, -0.2) is 0 Å². The zero-order chi connectivity index (χ0) is 11.2. The van der Waals surface area contributed by atoms with E-state index in [0.717, 1.165) is 12.8 Å². The van der Waals surface area contributed by atoms with Crippen molar-refractivity contribution in [1.29, 1.82) is 0 Å². The van der Waals surface area contributed by atoms with Crippen LogP contribution in [0.15, 0.2) is 0 Å². The Labute approximate surface area is 95.8 Å². The van der Waals surface area contributed by atoms with E-state index in [4.69, 9.17) is 0 Å². The molecular weight excluding hydrogens is 180 g/mol. The fourth-order valence-electron chi connectivity index (χ4n) is 1.19. The van der Waals surface area contributed by atoms with Gasteiger partial charge in [-0.05, 0) is 12.8 Å². The van der Waals surface area contributed by atoms with Gasteiger partial charge in [0, 0.05) is 12.8 Å². The third kappa shape index (κ3) is 13.1. The Kier molecular flexibility index (Phi) is 12.4. The van der Waals surface area contributed by atoms with Crippen molar-refractivity contribution in [2.75, 3.05) is 0 Å². The van der Waals surface area contributed by atoms with E-state index in [-0.39, 0.29) is 0 Å². The van der Waals surface area contributed by atoms with Crippen molar-refractivity contribution in [1.82, 2.24) is 0 Å². The van der Waals surface area contributed by atoms with E-state index in [1.165, 1.54) is 38.5 Å². The van der Waals surface area contributed by atoms with Gasteiger partial charge in [-0.3, -0.25) is 0 Å². The van der Waals surface area contributed by atoms with Gasteiger partial charge in [0.05, 0.1) is 0 Å². The predicted molar refractivity (Wildman–Crippen MR) is 68.1 cm³/mol. The lowest BCUT2D eigenvalue weighted by Crippen LogP contribution is -1.74. The summed E-state index contributed by atoms with van der Waals surface area (Å²) in [6, 6.07) is 0. The van der Waals surface area contributed by atoms with Crippen molar-refractivity contribution in [2.24, 2.45) is 0 Å². The number of rotatable bonds is 6. The molecule has 0 aromatic rings. The van der Waals surface area contributed by atoms with Crippen LogP contribution in [0.25, 0.3) is 0 Å². The van der Waals surface area contributed by atoms with E-state index >= 15 is 0 Å². The van der Waals surface area contributed by atoms with Crippen molar-refractivity contribution in [3.05, 3.63) is 6.42 Å². The molecule has 15 heavy (non-hydrogen) atoms. The van der Waals surface area contributed by atoms with Crippen molar-refractivity contribution >= 4 is 0 Å². The molecule has 0 unspecified atom stereocenters. The molecule has 0 heterocycles. The maximum Gasteiger partial charge on any atom is 0.106 e. The average Bonchev–Trinajstić information content (AvgIpc) is 2.26. The minimum absolute atomic E-state index is 1.01. The Morgan fingerprint density at radius 3 is 1.93 bits per heavy atom. The van der Waals surface area contributed by atoms with Crippen LogP contribution in [0.3, 0.4) is 0 Å². The first-order valence-electron chi connectivity index (χ1n) is 6.20. The zero-order valence-electron chi connectivity index (χ0n) is 10.2. The Balaban J connectivity index is 3.25. The number of hydrogen-bond donors (Lipinski definition) is 0. The van der Waals surface area contributed by atoms with Gasteiger partial charge in [-0.15, -0.1) is 11.8 Å². The highest BCUT2D eigenvalue weighted by atomic mass is 13.9. The molecule has 1 radical (unpaired) electrons. The lowest BCUT2D eigenvalue weighted by molar-refractivity contribution is 0.679. The van der Waals surface area contributed by atoms with E-state index in [1.807, 2.05) is 0 Å². The maximum atomic E-state index is 3.13. The molecular formula is C15H23. The molecule has 0 saturated heterocycles. The maximum absolute atomic E-state index is 3.13. The van der Waals surface area contributed by atoms with Crippen LogP contribution < -0.4 is 0 Å². The summed E-state index contributed by atoms with van der Waals surface area (Å²) < 4.78 is 0. The molecule has 0 fully saturated rings. The van der Waals surface area contributed by atoms with Gasteiger partial charge < -0.3 is 0 Å². The van der Waals surface area contributed by atoms with Crippen molar-refractivity contribution < 1.29 is 0 Å². The monoisotopic (exact) mass is 203 g/mol. The summed E-state index contributed by atoms with van der Waals surface area (Å²) in [6.07, 6.45) is 11.4. The molecule has 0 aromatic carbocycles. The molecule has 0 rings (SSSR count). The fourth-order valence-corrected chi connectivity index (χ4v) is 1.19. The third-order valence-corrected chi connectivity index (χ3v) is 2.16. The van der Waals surface area contributed by atoms with Gasteiger partial charge in [-0.2, -0.15) is 0 Å². The topological polar surface area (TPSA) is 0 Å². The van der Waals surface area contributed by atoms with Gasteiger partial charge in [0.2, 0.25) is 0 Å². The smallest absolute Gasteiger partial charge is 0.102 e. The largest absolute Gasteiger partial charge is 0.106 e. The third-order valence-electron chi connectivity index (χ3n) is 2.16. The molecule has 0 heteroatoms. The Morgan fingerprint density at radius 1 is 0.733 bits per heavy atom. The molecule has 0 N–H and O–H groups in total. The van der Waals surface area contributed by atoms with E-state index < -0.39 is 0 Å². The minimum atomic E-state index is 1.01. The Morgan fingerprint density at radius 2 is 1.33 bits per heavy atom. The number of hydrogen-bond acceptors (Lipinski definition) is 0. The average molecular weight is 203 g/mol. The van der Waals surface area contributed by atoms with E-state index in [0.29, 0.717) is 0 Å². The van der Waals surface area contributed by atoms with Crippen LogP contribution in [0, 0.1) is 30.1 Å². The number of unbranched alkanes of at least 4 members (excludes halogenated alkanes) is 6. The molecule has 0 spiro atoms.